The van der Waals surface area contributed by atoms with Gasteiger partial charge in [-0.15, -0.1) is 0 Å². The summed E-state index contributed by atoms with van der Waals surface area (Å²) in [5, 5.41) is 4.75. The van der Waals surface area contributed by atoms with Crippen LogP contribution in [0.5, 0.6) is 0 Å². The number of halogens is 1. The molecule has 0 amide bonds. The summed E-state index contributed by atoms with van der Waals surface area (Å²) in [4.78, 5) is 0. The standard InChI is InChI=1S/C13H14BrNO/c14-12-3-1-2-11-9(8-16-13(11)12)6-7-15-10-4-5-10/h1-3,8,10,15H,4-7H2. The number of benzene rings is 1. The molecule has 16 heavy (non-hydrogen) atoms. The first-order valence-corrected chi connectivity index (χ1v) is 6.52. The van der Waals surface area contributed by atoms with Crippen molar-refractivity contribution in [2.24, 2.45) is 0 Å². The zero-order valence-corrected chi connectivity index (χ0v) is 10.6. The van der Waals surface area contributed by atoms with Crippen LogP contribution in [0.15, 0.2) is 33.4 Å². The summed E-state index contributed by atoms with van der Waals surface area (Å²) in [6.07, 6.45) is 5.61. The summed E-state index contributed by atoms with van der Waals surface area (Å²) >= 11 is 3.50. The molecule has 3 rings (SSSR count). The number of hydrogen-bond donors (Lipinski definition) is 1. The Morgan fingerprint density at radius 3 is 3.06 bits per heavy atom. The Labute approximate surface area is 103 Å². The predicted molar refractivity (Wildman–Crippen MR) is 68.6 cm³/mol. The van der Waals surface area contributed by atoms with Crippen LogP contribution in [-0.4, -0.2) is 12.6 Å². The van der Waals surface area contributed by atoms with E-state index in [2.05, 4.69) is 33.4 Å². The van der Waals surface area contributed by atoms with Gasteiger partial charge in [0.2, 0.25) is 0 Å². The highest BCUT2D eigenvalue weighted by atomic mass is 79.9. The van der Waals surface area contributed by atoms with Gasteiger partial charge in [0.25, 0.3) is 0 Å². The Morgan fingerprint density at radius 1 is 1.38 bits per heavy atom. The van der Waals surface area contributed by atoms with Crippen LogP contribution in [0.2, 0.25) is 0 Å². The van der Waals surface area contributed by atoms with E-state index in [4.69, 9.17) is 4.42 Å². The van der Waals surface area contributed by atoms with E-state index in [0.29, 0.717) is 0 Å². The molecule has 1 heterocycles. The van der Waals surface area contributed by atoms with Crippen molar-refractivity contribution in [2.45, 2.75) is 25.3 Å². The van der Waals surface area contributed by atoms with Crippen molar-refractivity contribution in [3.63, 3.8) is 0 Å². The molecule has 1 aliphatic rings. The van der Waals surface area contributed by atoms with E-state index in [9.17, 15) is 0 Å². The van der Waals surface area contributed by atoms with Gasteiger partial charge in [-0.25, -0.2) is 0 Å². The number of furan rings is 1. The third kappa shape index (κ3) is 2.02. The number of rotatable bonds is 4. The van der Waals surface area contributed by atoms with Gasteiger partial charge >= 0.3 is 0 Å². The summed E-state index contributed by atoms with van der Waals surface area (Å²) in [6, 6.07) is 6.97. The molecule has 3 heteroatoms. The monoisotopic (exact) mass is 279 g/mol. The summed E-state index contributed by atoms with van der Waals surface area (Å²) in [6.45, 7) is 1.05. The van der Waals surface area contributed by atoms with Gasteiger partial charge in [0.05, 0.1) is 10.7 Å². The van der Waals surface area contributed by atoms with Crippen LogP contribution in [0.4, 0.5) is 0 Å². The van der Waals surface area contributed by atoms with Crippen molar-refractivity contribution in [3.05, 3.63) is 34.5 Å². The second-order valence-corrected chi connectivity index (χ2v) is 5.21. The van der Waals surface area contributed by atoms with Crippen LogP contribution in [0.25, 0.3) is 11.0 Å². The first-order chi connectivity index (χ1) is 7.84. The molecule has 1 fully saturated rings. The topological polar surface area (TPSA) is 25.2 Å². The lowest BCUT2D eigenvalue weighted by molar-refractivity contribution is 0.604. The van der Waals surface area contributed by atoms with E-state index in [1.807, 2.05) is 12.3 Å². The zero-order valence-electron chi connectivity index (χ0n) is 9.00. The fourth-order valence-electron chi connectivity index (χ4n) is 1.97. The summed E-state index contributed by atoms with van der Waals surface area (Å²) in [5.74, 6) is 0. The van der Waals surface area contributed by atoms with Gasteiger partial charge in [-0.1, -0.05) is 12.1 Å². The highest BCUT2D eigenvalue weighted by Crippen LogP contribution is 2.28. The molecule has 0 saturated heterocycles. The molecule has 0 atom stereocenters. The van der Waals surface area contributed by atoms with E-state index in [0.717, 1.165) is 29.1 Å². The third-order valence-corrected chi connectivity index (χ3v) is 3.66. The molecule has 1 N–H and O–H groups in total. The Morgan fingerprint density at radius 2 is 2.25 bits per heavy atom. The quantitative estimate of drug-likeness (QED) is 0.927. The van der Waals surface area contributed by atoms with Crippen molar-refractivity contribution >= 4 is 26.9 Å². The van der Waals surface area contributed by atoms with E-state index >= 15 is 0 Å². The third-order valence-electron chi connectivity index (χ3n) is 3.04. The molecule has 0 aliphatic heterocycles. The lowest BCUT2D eigenvalue weighted by Gasteiger charge is -2.00. The largest absolute Gasteiger partial charge is 0.463 e. The average Bonchev–Trinajstić information content (AvgIpc) is 3.00. The zero-order chi connectivity index (χ0) is 11.0. The molecule has 1 aliphatic carbocycles. The van der Waals surface area contributed by atoms with Crippen molar-refractivity contribution in [3.8, 4) is 0 Å². The predicted octanol–water partition coefficient (Wildman–Crippen LogP) is 3.49. The fourth-order valence-corrected chi connectivity index (χ4v) is 2.43. The number of para-hydroxylation sites is 1. The van der Waals surface area contributed by atoms with Gasteiger partial charge < -0.3 is 9.73 Å². The molecular weight excluding hydrogens is 266 g/mol. The minimum absolute atomic E-state index is 0.782. The maximum atomic E-state index is 5.58. The molecule has 0 radical (unpaired) electrons. The van der Waals surface area contributed by atoms with Gasteiger partial charge in [-0.05, 0) is 53.4 Å². The minimum atomic E-state index is 0.782. The molecule has 1 aromatic carbocycles. The van der Waals surface area contributed by atoms with E-state index in [-0.39, 0.29) is 0 Å². The van der Waals surface area contributed by atoms with Crippen molar-refractivity contribution in [2.75, 3.05) is 6.54 Å². The van der Waals surface area contributed by atoms with E-state index < -0.39 is 0 Å². The molecule has 84 valence electrons. The molecule has 0 bridgehead atoms. The normalized spacial score (nSPS) is 15.8. The maximum absolute atomic E-state index is 5.58. The van der Waals surface area contributed by atoms with Crippen LogP contribution in [0.1, 0.15) is 18.4 Å². The van der Waals surface area contributed by atoms with Crippen LogP contribution < -0.4 is 5.32 Å². The van der Waals surface area contributed by atoms with E-state index in [1.54, 1.807) is 0 Å². The first kappa shape index (κ1) is 10.4. The lowest BCUT2D eigenvalue weighted by Crippen LogP contribution is -2.19. The number of nitrogens with one attached hydrogen (secondary N) is 1. The summed E-state index contributed by atoms with van der Waals surface area (Å²) < 4.78 is 6.61. The summed E-state index contributed by atoms with van der Waals surface area (Å²) in [5.41, 5.74) is 2.26. The van der Waals surface area contributed by atoms with Gasteiger partial charge in [0, 0.05) is 11.4 Å². The molecule has 0 spiro atoms. The second kappa shape index (κ2) is 4.22. The molecule has 1 saturated carbocycles. The SMILES string of the molecule is Brc1cccc2c(CCNC3CC3)coc12. The molecule has 2 aromatic rings. The molecular formula is C13H14BrNO. The Balaban J connectivity index is 1.77. The average molecular weight is 280 g/mol. The second-order valence-electron chi connectivity index (χ2n) is 4.36. The Bertz CT molecular complexity index is 502. The summed E-state index contributed by atoms with van der Waals surface area (Å²) in [7, 11) is 0. The van der Waals surface area contributed by atoms with Gasteiger partial charge in [-0.3, -0.25) is 0 Å². The van der Waals surface area contributed by atoms with Gasteiger partial charge in [0.1, 0.15) is 5.58 Å². The number of hydrogen-bond acceptors (Lipinski definition) is 2. The molecule has 1 aromatic heterocycles. The van der Waals surface area contributed by atoms with Crippen molar-refractivity contribution in [1.82, 2.24) is 5.32 Å². The smallest absolute Gasteiger partial charge is 0.148 e. The van der Waals surface area contributed by atoms with Crippen LogP contribution in [-0.2, 0) is 6.42 Å². The van der Waals surface area contributed by atoms with Gasteiger partial charge in [0.15, 0.2) is 0 Å². The molecule has 0 unspecified atom stereocenters. The highest BCUT2D eigenvalue weighted by Gasteiger charge is 2.19. The maximum Gasteiger partial charge on any atom is 0.148 e. The highest BCUT2D eigenvalue weighted by molar-refractivity contribution is 9.10. The minimum Gasteiger partial charge on any atom is -0.463 e. The van der Waals surface area contributed by atoms with Crippen molar-refractivity contribution in [1.29, 1.82) is 0 Å². The molecule has 2 nitrogen and oxygen atoms in total. The van der Waals surface area contributed by atoms with Crippen LogP contribution >= 0.6 is 15.9 Å². The van der Waals surface area contributed by atoms with Crippen LogP contribution in [0, 0.1) is 0 Å². The van der Waals surface area contributed by atoms with E-state index in [1.165, 1.54) is 23.8 Å². The van der Waals surface area contributed by atoms with Crippen LogP contribution in [0.3, 0.4) is 0 Å². The fraction of sp³-hybridized carbons (Fsp3) is 0.385. The Kier molecular flexibility index (Phi) is 2.74. The Hall–Kier alpha value is -0.800. The first-order valence-electron chi connectivity index (χ1n) is 5.72. The van der Waals surface area contributed by atoms with Gasteiger partial charge in [-0.2, -0.15) is 0 Å². The number of fused-ring (bicyclic) bond motifs is 1. The lowest BCUT2D eigenvalue weighted by atomic mass is 10.1. The van der Waals surface area contributed by atoms with Crippen molar-refractivity contribution < 1.29 is 4.42 Å².